The van der Waals surface area contributed by atoms with E-state index in [0.29, 0.717) is 0 Å². The summed E-state index contributed by atoms with van der Waals surface area (Å²) >= 11 is 1.75. The molecule has 0 radical (unpaired) electrons. The summed E-state index contributed by atoms with van der Waals surface area (Å²) in [6.45, 7) is 8.18. The van der Waals surface area contributed by atoms with E-state index in [2.05, 4.69) is 182 Å². The van der Waals surface area contributed by atoms with E-state index in [-0.39, 0.29) is 0 Å². The maximum Gasteiger partial charge on any atom is 0.0468 e. The first-order chi connectivity index (χ1) is 24.7. The SMILES string of the molecule is C=Cc1sc2ccc(N(c3ccc(-c4ccccc4)cc3)c3ccc(-c4ccc5c6ccccc6c6ccccc6c5c4)cc3)cc2c1C=C. The van der Waals surface area contributed by atoms with E-state index in [1.807, 2.05) is 12.2 Å². The molecule has 0 amide bonds. The lowest BCUT2D eigenvalue weighted by atomic mass is 9.92. The molecule has 8 aromatic carbocycles. The predicted molar refractivity (Wildman–Crippen MR) is 220 cm³/mol. The van der Waals surface area contributed by atoms with Crippen molar-refractivity contribution in [3.8, 4) is 22.3 Å². The number of rotatable bonds is 7. The molecule has 0 atom stereocenters. The van der Waals surface area contributed by atoms with Crippen molar-refractivity contribution in [3.63, 3.8) is 0 Å². The fraction of sp³-hybridized carbons (Fsp3) is 0. The van der Waals surface area contributed by atoms with Crippen LogP contribution < -0.4 is 4.90 Å². The van der Waals surface area contributed by atoms with Gasteiger partial charge in [-0.3, -0.25) is 0 Å². The zero-order valence-corrected chi connectivity index (χ0v) is 28.3. The van der Waals surface area contributed by atoms with Crippen molar-refractivity contribution in [1.29, 1.82) is 0 Å². The van der Waals surface area contributed by atoms with Crippen molar-refractivity contribution < 1.29 is 0 Å². The van der Waals surface area contributed by atoms with Crippen LogP contribution in [0.1, 0.15) is 10.4 Å². The van der Waals surface area contributed by atoms with Gasteiger partial charge < -0.3 is 4.90 Å². The molecule has 0 fully saturated rings. The van der Waals surface area contributed by atoms with E-state index in [4.69, 9.17) is 0 Å². The number of hydrogen-bond acceptors (Lipinski definition) is 2. The zero-order valence-electron chi connectivity index (χ0n) is 27.5. The molecule has 9 rings (SSSR count). The van der Waals surface area contributed by atoms with Gasteiger partial charge in [0, 0.05) is 32.0 Å². The molecule has 0 aliphatic heterocycles. The maximum atomic E-state index is 4.13. The van der Waals surface area contributed by atoms with Crippen LogP contribution in [0.3, 0.4) is 0 Å². The Labute approximate surface area is 296 Å². The monoisotopic (exact) mass is 655 g/mol. The first-order valence-electron chi connectivity index (χ1n) is 16.9. The highest BCUT2D eigenvalue weighted by Gasteiger charge is 2.17. The van der Waals surface area contributed by atoms with Crippen molar-refractivity contribution in [2.24, 2.45) is 0 Å². The maximum absolute atomic E-state index is 4.13. The van der Waals surface area contributed by atoms with Gasteiger partial charge in [0.1, 0.15) is 0 Å². The summed E-state index contributed by atoms with van der Waals surface area (Å²) < 4.78 is 1.23. The van der Waals surface area contributed by atoms with Crippen LogP contribution in [0.5, 0.6) is 0 Å². The topological polar surface area (TPSA) is 3.24 Å². The molecule has 0 bridgehead atoms. The third-order valence-corrected chi connectivity index (χ3v) is 11.0. The minimum atomic E-state index is 1.09. The molecule has 2 heteroatoms. The van der Waals surface area contributed by atoms with E-state index in [0.717, 1.165) is 27.5 Å². The molecular formula is C48H33NS. The lowest BCUT2D eigenvalue weighted by Gasteiger charge is -2.26. The van der Waals surface area contributed by atoms with Gasteiger partial charge in [-0.25, -0.2) is 0 Å². The van der Waals surface area contributed by atoms with Gasteiger partial charge in [-0.05, 0) is 109 Å². The van der Waals surface area contributed by atoms with Crippen molar-refractivity contribution in [2.75, 3.05) is 4.90 Å². The summed E-state index contributed by atoms with van der Waals surface area (Å²) in [5, 5.41) is 8.92. The lowest BCUT2D eigenvalue weighted by Crippen LogP contribution is -2.09. The Hall–Kier alpha value is -6.22. The second-order valence-electron chi connectivity index (χ2n) is 12.6. The first-order valence-corrected chi connectivity index (χ1v) is 17.7. The van der Waals surface area contributed by atoms with Crippen LogP contribution in [-0.4, -0.2) is 0 Å². The van der Waals surface area contributed by atoms with Gasteiger partial charge in [0.2, 0.25) is 0 Å². The highest BCUT2D eigenvalue weighted by molar-refractivity contribution is 7.20. The highest BCUT2D eigenvalue weighted by Crippen LogP contribution is 2.42. The lowest BCUT2D eigenvalue weighted by molar-refractivity contribution is 1.29. The summed E-state index contributed by atoms with van der Waals surface area (Å²) in [5.74, 6) is 0. The van der Waals surface area contributed by atoms with Crippen LogP contribution in [0.2, 0.25) is 0 Å². The van der Waals surface area contributed by atoms with Crippen LogP contribution >= 0.6 is 11.3 Å². The molecule has 0 aliphatic rings. The van der Waals surface area contributed by atoms with Gasteiger partial charge in [0.15, 0.2) is 0 Å². The van der Waals surface area contributed by atoms with Crippen LogP contribution in [0.25, 0.3) is 76.8 Å². The van der Waals surface area contributed by atoms with Crippen molar-refractivity contribution in [2.45, 2.75) is 0 Å². The van der Waals surface area contributed by atoms with Crippen LogP contribution in [0.4, 0.5) is 17.1 Å². The average Bonchev–Trinajstić information content (AvgIpc) is 3.56. The van der Waals surface area contributed by atoms with Gasteiger partial charge in [0.25, 0.3) is 0 Å². The van der Waals surface area contributed by atoms with Crippen LogP contribution in [0.15, 0.2) is 177 Å². The van der Waals surface area contributed by atoms with Crippen LogP contribution in [0, 0.1) is 0 Å². The second kappa shape index (κ2) is 12.3. The number of fused-ring (bicyclic) bond motifs is 7. The summed E-state index contributed by atoms with van der Waals surface area (Å²) in [6, 6.07) is 59.5. The Balaban J connectivity index is 1.16. The Kier molecular flexibility index (Phi) is 7.38. The molecule has 1 nitrogen and oxygen atoms in total. The van der Waals surface area contributed by atoms with E-state index in [9.17, 15) is 0 Å². The minimum absolute atomic E-state index is 1.09. The van der Waals surface area contributed by atoms with Gasteiger partial charge >= 0.3 is 0 Å². The molecule has 9 aromatic rings. The predicted octanol–water partition coefficient (Wildman–Crippen LogP) is 14.5. The largest absolute Gasteiger partial charge is 0.310 e. The molecular weight excluding hydrogens is 623 g/mol. The zero-order chi connectivity index (χ0) is 33.6. The summed E-state index contributed by atoms with van der Waals surface area (Å²) in [5.41, 5.74) is 9.21. The molecule has 1 aromatic heterocycles. The molecule has 0 spiro atoms. The third-order valence-electron chi connectivity index (χ3n) is 9.82. The quantitative estimate of drug-likeness (QED) is 0.154. The fourth-order valence-electron chi connectivity index (χ4n) is 7.40. The molecule has 236 valence electrons. The van der Waals surface area contributed by atoms with Crippen molar-refractivity contribution in [1.82, 2.24) is 0 Å². The number of nitrogens with zero attached hydrogens (tertiary/aromatic N) is 1. The smallest absolute Gasteiger partial charge is 0.0468 e. The molecule has 0 unspecified atom stereocenters. The van der Waals surface area contributed by atoms with Gasteiger partial charge in [-0.15, -0.1) is 11.3 Å². The summed E-state index contributed by atoms with van der Waals surface area (Å²) in [4.78, 5) is 3.49. The Bertz CT molecular complexity index is 2680. The number of anilines is 3. The molecule has 0 N–H and O–H groups in total. The van der Waals surface area contributed by atoms with Gasteiger partial charge in [-0.1, -0.05) is 141 Å². The molecule has 1 heterocycles. The van der Waals surface area contributed by atoms with Gasteiger partial charge in [-0.2, -0.15) is 0 Å². The Morgan fingerprint density at radius 2 is 0.860 bits per heavy atom. The third kappa shape index (κ3) is 5.01. The average molecular weight is 656 g/mol. The molecule has 0 saturated heterocycles. The van der Waals surface area contributed by atoms with Crippen molar-refractivity contribution >= 4 is 83.0 Å². The van der Waals surface area contributed by atoms with E-state index in [1.54, 1.807) is 11.3 Å². The Morgan fingerprint density at radius 1 is 0.380 bits per heavy atom. The standard InChI is InChI=1S/C48H33NS/c1-3-39-46-31-38(27-29-48(46)50-47(39)4-2)49(36-23-18-33(19-24-36)32-12-6-5-7-13-32)37-25-20-34(21-26-37)35-22-28-44-42-16-9-8-14-40(42)41-15-10-11-17-43(41)45(44)30-35/h3-31H,1-2H2. The summed E-state index contributed by atoms with van der Waals surface area (Å²) in [7, 11) is 0. The Morgan fingerprint density at radius 3 is 1.44 bits per heavy atom. The second-order valence-corrected chi connectivity index (χ2v) is 13.7. The summed E-state index contributed by atoms with van der Waals surface area (Å²) in [6.07, 6.45) is 3.88. The highest BCUT2D eigenvalue weighted by atomic mass is 32.1. The molecule has 0 saturated carbocycles. The van der Waals surface area contributed by atoms with Crippen LogP contribution in [-0.2, 0) is 0 Å². The molecule has 50 heavy (non-hydrogen) atoms. The number of hydrogen-bond donors (Lipinski definition) is 0. The normalized spacial score (nSPS) is 11.4. The van der Waals surface area contributed by atoms with E-state index < -0.39 is 0 Å². The minimum Gasteiger partial charge on any atom is -0.310 e. The first kappa shape index (κ1) is 29.9. The van der Waals surface area contributed by atoms with Gasteiger partial charge in [0.05, 0.1) is 0 Å². The van der Waals surface area contributed by atoms with E-state index >= 15 is 0 Å². The molecule has 0 aliphatic carbocycles. The van der Waals surface area contributed by atoms with E-state index in [1.165, 1.54) is 64.7 Å². The number of thiophene rings is 1. The number of benzene rings is 8. The van der Waals surface area contributed by atoms with Crippen molar-refractivity contribution in [3.05, 3.63) is 187 Å². The fourth-order valence-corrected chi connectivity index (χ4v) is 8.43.